The van der Waals surface area contributed by atoms with Crippen LogP contribution < -0.4 is 5.32 Å². The van der Waals surface area contributed by atoms with Gasteiger partial charge in [-0.15, -0.1) is 0 Å². The molecule has 1 unspecified atom stereocenters. The molecule has 0 spiro atoms. The Morgan fingerprint density at radius 1 is 1.06 bits per heavy atom. The number of halogens is 1. The molecule has 1 saturated heterocycles. The summed E-state index contributed by atoms with van der Waals surface area (Å²) >= 11 is 0. The van der Waals surface area contributed by atoms with Crippen molar-refractivity contribution in [3.05, 3.63) is 78.2 Å². The lowest BCUT2D eigenvalue weighted by molar-refractivity contribution is -0.121. The molecule has 0 saturated carbocycles. The molecule has 3 aromatic carbocycles. The van der Waals surface area contributed by atoms with Crippen LogP contribution in [0.15, 0.2) is 66.9 Å². The third-order valence-electron chi connectivity index (χ3n) is 6.61. The van der Waals surface area contributed by atoms with Crippen LogP contribution in [0.5, 0.6) is 0 Å². The van der Waals surface area contributed by atoms with Crippen molar-refractivity contribution < 1.29 is 14.0 Å². The van der Waals surface area contributed by atoms with E-state index in [9.17, 15) is 14.0 Å². The van der Waals surface area contributed by atoms with Crippen LogP contribution in [0.3, 0.4) is 0 Å². The zero-order valence-electron chi connectivity index (χ0n) is 19.3. The molecule has 9 heteroatoms. The Kier molecular flexibility index (Phi) is 5.44. The number of piperidine rings is 1. The number of nitrogens with zero attached hydrogens (tertiary/aromatic N) is 3. The number of amides is 2. The standard InChI is InChI=1S/C27H23FN6O2/c28-20-5-1-3-16(12-20)25-31-23-9-7-21(13-24(23)32-25)30-26(35)18-4-2-10-34(15-18)27(36)17-6-8-22-19(11-17)14-29-33-22/h1,3,5-9,11-14,18H,2,4,10,15H2,(H,29,33)(H,30,35)(H,31,32). The van der Waals surface area contributed by atoms with E-state index in [0.29, 0.717) is 42.1 Å². The van der Waals surface area contributed by atoms with Crippen LogP contribution in [0.1, 0.15) is 23.2 Å². The Labute approximate surface area is 205 Å². The van der Waals surface area contributed by atoms with Gasteiger partial charge < -0.3 is 15.2 Å². The molecule has 1 aliphatic heterocycles. The minimum absolute atomic E-state index is 0.0839. The van der Waals surface area contributed by atoms with Gasteiger partial charge in [-0.3, -0.25) is 14.7 Å². The predicted octanol–water partition coefficient (Wildman–Crippen LogP) is 4.74. The normalized spacial score (nSPS) is 15.9. The van der Waals surface area contributed by atoms with E-state index in [0.717, 1.165) is 28.4 Å². The van der Waals surface area contributed by atoms with Gasteiger partial charge in [-0.1, -0.05) is 12.1 Å². The Morgan fingerprint density at radius 3 is 2.86 bits per heavy atom. The molecule has 3 N–H and O–H groups in total. The third kappa shape index (κ3) is 4.19. The maximum Gasteiger partial charge on any atom is 0.253 e. The lowest BCUT2D eigenvalue weighted by Gasteiger charge is -2.32. The van der Waals surface area contributed by atoms with Crippen molar-refractivity contribution in [2.45, 2.75) is 12.8 Å². The number of anilines is 1. The van der Waals surface area contributed by atoms with Crippen molar-refractivity contribution >= 4 is 39.4 Å². The number of carbonyl (C=O) groups is 2. The molecule has 8 nitrogen and oxygen atoms in total. The molecular formula is C27H23FN6O2. The highest BCUT2D eigenvalue weighted by molar-refractivity contribution is 5.99. The summed E-state index contributed by atoms with van der Waals surface area (Å²) in [5.41, 5.74) is 4.20. The summed E-state index contributed by atoms with van der Waals surface area (Å²) in [4.78, 5) is 35.7. The largest absolute Gasteiger partial charge is 0.338 e. The summed E-state index contributed by atoms with van der Waals surface area (Å²) in [6.07, 6.45) is 3.16. The lowest BCUT2D eigenvalue weighted by atomic mass is 9.96. The van der Waals surface area contributed by atoms with E-state index < -0.39 is 0 Å². The molecule has 3 heterocycles. The summed E-state index contributed by atoms with van der Waals surface area (Å²) in [7, 11) is 0. The molecule has 0 bridgehead atoms. The summed E-state index contributed by atoms with van der Waals surface area (Å²) in [5, 5.41) is 10.8. The smallest absolute Gasteiger partial charge is 0.253 e. The first-order valence-corrected chi connectivity index (χ1v) is 11.8. The van der Waals surface area contributed by atoms with Gasteiger partial charge in [0.25, 0.3) is 5.91 Å². The monoisotopic (exact) mass is 482 g/mol. The Hall–Kier alpha value is -4.53. The van der Waals surface area contributed by atoms with E-state index in [2.05, 4.69) is 25.5 Å². The van der Waals surface area contributed by atoms with Gasteiger partial charge in [0.1, 0.15) is 11.6 Å². The highest BCUT2D eigenvalue weighted by atomic mass is 19.1. The maximum atomic E-state index is 13.6. The van der Waals surface area contributed by atoms with Crippen LogP contribution in [0.2, 0.25) is 0 Å². The number of hydrogen-bond donors (Lipinski definition) is 3. The molecule has 5 aromatic rings. The molecule has 1 fully saturated rings. The SMILES string of the molecule is O=C(Nc1ccc2nc(-c3cccc(F)c3)[nH]c2c1)C1CCCN(C(=O)c2ccc3[nH]ncc3c2)C1. The first-order valence-electron chi connectivity index (χ1n) is 11.8. The lowest BCUT2D eigenvalue weighted by Crippen LogP contribution is -2.43. The number of nitrogens with one attached hydrogen (secondary N) is 3. The molecule has 2 amide bonds. The van der Waals surface area contributed by atoms with E-state index in [4.69, 9.17) is 0 Å². The molecule has 1 aliphatic rings. The van der Waals surface area contributed by atoms with Crippen molar-refractivity contribution in [2.75, 3.05) is 18.4 Å². The zero-order valence-corrected chi connectivity index (χ0v) is 19.3. The minimum Gasteiger partial charge on any atom is -0.338 e. The molecule has 0 radical (unpaired) electrons. The second kappa shape index (κ2) is 8.92. The van der Waals surface area contributed by atoms with Crippen molar-refractivity contribution in [1.29, 1.82) is 0 Å². The number of fused-ring (bicyclic) bond motifs is 2. The molecular weight excluding hydrogens is 459 g/mol. The average Bonchev–Trinajstić information content (AvgIpc) is 3.54. The molecule has 6 rings (SSSR count). The average molecular weight is 483 g/mol. The number of aromatic nitrogens is 4. The maximum absolute atomic E-state index is 13.6. The quantitative estimate of drug-likeness (QED) is 0.344. The number of rotatable bonds is 4. The first-order chi connectivity index (χ1) is 17.5. The molecule has 1 atom stereocenters. The second-order valence-electron chi connectivity index (χ2n) is 9.08. The number of aromatic amines is 2. The molecule has 180 valence electrons. The summed E-state index contributed by atoms with van der Waals surface area (Å²) < 4.78 is 13.6. The summed E-state index contributed by atoms with van der Waals surface area (Å²) in [6.45, 7) is 0.985. The van der Waals surface area contributed by atoms with Crippen molar-refractivity contribution in [3.8, 4) is 11.4 Å². The van der Waals surface area contributed by atoms with Crippen LogP contribution in [0, 0.1) is 11.7 Å². The number of benzene rings is 3. The number of imidazole rings is 1. The van der Waals surface area contributed by atoms with Gasteiger partial charge in [0.05, 0.1) is 28.7 Å². The fourth-order valence-corrected chi connectivity index (χ4v) is 4.74. The number of H-pyrrole nitrogens is 2. The van der Waals surface area contributed by atoms with Crippen LogP contribution in [-0.2, 0) is 4.79 Å². The molecule has 36 heavy (non-hydrogen) atoms. The minimum atomic E-state index is -0.331. The van der Waals surface area contributed by atoms with Crippen molar-refractivity contribution in [1.82, 2.24) is 25.1 Å². The van der Waals surface area contributed by atoms with Crippen LogP contribution in [0.4, 0.5) is 10.1 Å². The Bertz CT molecular complexity index is 1610. The molecule has 0 aliphatic carbocycles. The fraction of sp³-hybridized carbons (Fsp3) is 0.185. The van der Waals surface area contributed by atoms with E-state index >= 15 is 0 Å². The Balaban J connectivity index is 1.15. The summed E-state index contributed by atoms with van der Waals surface area (Å²) in [5.74, 6) is -0.284. The van der Waals surface area contributed by atoms with Gasteiger partial charge in [-0.25, -0.2) is 9.37 Å². The van der Waals surface area contributed by atoms with Gasteiger partial charge >= 0.3 is 0 Å². The highest BCUT2D eigenvalue weighted by Gasteiger charge is 2.29. The number of carbonyl (C=O) groups excluding carboxylic acids is 2. The van der Waals surface area contributed by atoms with Gasteiger partial charge in [-0.05, 0) is 61.4 Å². The number of likely N-dealkylation sites (tertiary alicyclic amines) is 1. The van der Waals surface area contributed by atoms with Crippen LogP contribution in [0.25, 0.3) is 33.3 Å². The van der Waals surface area contributed by atoms with Crippen molar-refractivity contribution in [3.63, 3.8) is 0 Å². The van der Waals surface area contributed by atoms with E-state index in [1.807, 2.05) is 24.3 Å². The summed E-state index contributed by atoms with van der Waals surface area (Å²) in [6, 6.07) is 17.1. The van der Waals surface area contributed by atoms with Crippen LogP contribution >= 0.6 is 0 Å². The van der Waals surface area contributed by atoms with Crippen LogP contribution in [-0.4, -0.2) is 50.0 Å². The first kappa shape index (κ1) is 22.0. The second-order valence-corrected chi connectivity index (χ2v) is 9.08. The third-order valence-corrected chi connectivity index (χ3v) is 6.61. The Morgan fingerprint density at radius 2 is 1.97 bits per heavy atom. The van der Waals surface area contributed by atoms with E-state index in [1.54, 1.807) is 35.4 Å². The predicted molar refractivity (Wildman–Crippen MR) is 135 cm³/mol. The van der Waals surface area contributed by atoms with Gasteiger partial charge in [0, 0.05) is 35.3 Å². The van der Waals surface area contributed by atoms with Gasteiger partial charge in [0.2, 0.25) is 5.91 Å². The topological polar surface area (TPSA) is 107 Å². The van der Waals surface area contributed by atoms with Crippen molar-refractivity contribution in [2.24, 2.45) is 5.92 Å². The van der Waals surface area contributed by atoms with E-state index in [1.165, 1.54) is 12.1 Å². The van der Waals surface area contributed by atoms with Gasteiger partial charge in [0.15, 0.2) is 0 Å². The van der Waals surface area contributed by atoms with Gasteiger partial charge in [-0.2, -0.15) is 5.10 Å². The van der Waals surface area contributed by atoms with E-state index in [-0.39, 0.29) is 23.5 Å². The molecule has 2 aromatic heterocycles. The fourth-order valence-electron chi connectivity index (χ4n) is 4.74. The highest BCUT2D eigenvalue weighted by Crippen LogP contribution is 2.25. The number of hydrogen-bond acceptors (Lipinski definition) is 4. The zero-order chi connectivity index (χ0) is 24.6.